The van der Waals surface area contributed by atoms with Gasteiger partial charge in [-0.1, -0.05) is 47.5 Å². The lowest BCUT2D eigenvalue weighted by Crippen LogP contribution is -2.19. The zero-order valence-electron chi connectivity index (χ0n) is 12.3. The van der Waals surface area contributed by atoms with E-state index in [4.69, 9.17) is 16.3 Å². The first-order valence-electron chi connectivity index (χ1n) is 6.65. The highest BCUT2D eigenvalue weighted by molar-refractivity contribution is 6.32. The molecule has 2 aromatic rings. The highest BCUT2D eigenvalue weighted by Gasteiger charge is 2.19. The maximum absolute atomic E-state index is 6.47. The summed E-state index contributed by atoms with van der Waals surface area (Å²) in [5.41, 5.74) is 4.45. The Labute approximate surface area is 125 Å². The Kier molecular flexibility index (Phi) is 4.69. The highest BCUT2D eigenvalue weighted by atomic mass is 35.5. The fourth-order valence-corrected chi connectivity index (χ4v) is 2.69. The molecule has 1 N–H and O–H groups in total. The van der Waals surface area contributed by atoms with Crippen LogP contribution in [-0.2, 0) is 0 Å². The minimum atomic E-state index is 0.0113. The first-order chi connectivity index (χ1) is 9.58. The lowest BCUT2D eigenvalue weighted by atomic mass is 9.95. The SMILES string of the molecule is CNC(c1cc(C)ccc1OC)c1cccc(C)c1Cl. The molecule has 106 valence electrons. The summed E-state index contributed by atoms with van der Waals surface area (Å²) in [4.78, 5) is 0. The molecule has 0 saturated heterocycles. The number of halogens is 1. The van der Waals surface area contributed by atoms with Gasteiger partial charge in [0.25, 0.3) is 0 Å². The highest BCUT2D eigenvalue weighted by Crippen LogP contribution is 2.35. The minimum Gasteiger partial charge on any atom is -0.496 e. The van der Waals surface area contributed by atoms with E-state index in [0.29, 0.717) is 0 Å². The number of rotatable bonds is 4. The normalized spacial score (nSPS) is 12.2. The van der Waals surface area contributed by atoms with Crippen LogP contribution >= 0.6 is 11.6 Å². The first kappa shape index (κ1) is 14.9. The Hall–Kier alpha value is -1.51. The third-order valence-corrected chi connectivity index (χ3v) is 4.03. The maximum Gasteiger partial charge on any atom is 0.124 e. The molecule has 2 aromatic carbocycles. The van der Waals surface area contributed by atoms with Crippen LogP contribution in [0.2, 0.25) is 5.02 Å². The van der Waals surface area contributed by atoms with Crippen LogP contribution < -0.4 is 10.1 Å². The lowest BCUT2D eigenvalue weighted by molar-refractivity contribution is 0.405. The molecular formula is C17H20ClNO. The quantitative estimate of drug-likeness (QED) is 0.907. The Bertz CT molecular complexity index is 610. The standard InChI is InChI=1S/C17H20ClNO/c1-11-8-9-15(20-4)14(10-11)17(19-3)13-7-5-6-12(2)16(13)18/h5-10,17,19H,1-4H3. The van der Waals surface area contributed by atoms with Crippen molar-refractivity contribution in [3.8, 4) is 5.75 Å². The summed E-state index contributed by atoms with van der Waals surface area (Å²) < 4.78 is 5.49. The predicted molar refractivity (Wildman–Crippen MR) is 84.8 cm³/mol. The Balaban J connectivity index is 2.58. The zero-order chi connectivity index (χ0) is 14.7. The number of ether oxygens (including phenoxy) is 1. The molecule has 0 spiro atoms. The van der Waals surface area contributed by atoms with Gasteiger partial charge >= 0.3 is 0 Å². The molecule has 0 aliphatic heterocycles. The first-order valence-corrected chi connectivity index (χ1v) is 7.03. The number of aryl methyl sites for hydroxylation is 2. The van der Waals surface area contributed by atoms with Crippen LogP contribution in [0.4, 0.5) is 0 Å². The van der Waals surface area contributed by atoms with Crippen LogP contribution in [0.1, 0.15) is 28.3 Å². The van der Waals surface area contributed by atoms with E-state index >= 15 is 0 Å². The average Bonchev–Trinajstić information content (AvgIpc) is 2.44. The van der Waals surface area contributed by atoms with Crippen molar-refractivity contribution in [2.75, 3.05) is 14.2 Å². The van der Waals surface area contributed by atoms with Crippen LogP contribution in [0.25, 0.3) is 0 Å². The van der Waals surface area contributed by atoms with Gasteiger partial charge in [0.05, 0.1) is 13.2 Å². The van der Waals surface area contributed by atoms with Crippen molar-refractivity contribution >= 4 is 11.6 Å². The van der Waals surface area contributed by atoms with Gasteiger partial charge < -0.3 is 10.1 Å². The van der Waals surface area contributed by atoms with Crippen molar-refractivity contribution in [1.82, 2.24) is 5.32 Å². The Morgan fingerprint density at radius 2 is 1.85 bits per heavy atom. The summed E-state index contributed by atoms with van der Waals surface area (Å²) in [6.07, 6.45) is 0. The van der Waals surface area contributed by atoms with Crippen molar-refractivity contribution in [3.63, 3.8) is 0 Å². The molecule has 0 fully saturated rings. The number of nitrogens with one attached hydrogen (secondary N) is 1. The lowest BCUT2D eigenvalue weighted by Gasteiger charge is -2.22. The fourth-order valence-electron chi connectivity index (χ4n) is 2.45. The second-order valence-electron chi connectivity index (χ2n) is 4.95. The van der Waals surface area contributed by atoms with Gasteiger partial charge in [0.15, 0.2) is 0 Å². The van der Waals surface area contributed by atoms with E-state index in [-0.39, 0.29) is 6.04 Å². The summed E-state index contributed by atoms with van der Waals surface area (Å²) in [6.45, 7) is 4.10. The summed E-state index contributed by atoms with van der Waals surface area (Å²) in [5, 5.41) is 4.14. The van der Waals surface area contributed by atoms with Crippen LogP contribution in [0.3, 0.4) is 0 Å². The molecule has 20 heavy (non-hydrogen) atoms. The van der Waals surface area contributed by atoms with E-state index in [9.17, 15) is 0 Å². The molecule has 3 heteroatoms. The van der Waals surface area contributed by atoms with Gasteiger partial charge in [-0.25, -0.2) is 0 Å². The summed E-state index contributed by atoms with van der Waals surface area (Å²) in [5.74, 6) is 0.868. The third kappa shape index (κ3) is 2.82. The van der Waals surface area contributed by atoms with E-state index < -0.39 is 0 Å². The molecule has 0 radical (unpaired) electrons. The van der Waals surface area contributed by atoms with Crippen molar-refractivity contribution in [3.05, 3.63) is 63.7 Å². The van der Waals surface area contributed by atoms with E-state index in [1.807, 2.05) is 38.2 Å². The zero-order valence-corrected chi connectivity index (χ0v) is 13.1. The summed E-state index contributed by atoms with van der Waals surface area (Å²) in [7, 11) is 3.63. The molecule has 0 saturated carbocycles. The van der Waals surface area contributed by atoms with Crippen molar-refractivity contribution in [2.45, 2.75) is 19.9 Å². The monoisotopic (exact) mass is 289 g/mol. The molecule has 0 heterocycles. The Morgan fingerprint density at radius 3 is 2.50 bits per heavy atom. The van der Waals surface area contributed by atoms with Crippen LogP contribution in [0.15, 0.2) is 36.4 Å². The minimum absolute atomic E-state index is 0.0113. The molecule has 0 aromatic heterocycles. The molecule has 0 amide bonds. The number of methoxy groups -OCH3 is 1. The van der Waals surface area contributed by atoms with Crippen LogP contribution in [0, 0.1) is 13.8 Å². The molecular weight excluding hydrogens is 270 g/mol. The van der Waals surface area contributed by atoms with Gasteiger partial charge in [-0.15, -0.1) is 0 Å². The topological polar surface area (TPSA) is 21.3 Å². The van der Waals surface area contributed by atoms with E-state index in [1.165, 1.54) is 5.56 Å². The molecule has 1 atom stereocenters. The summed E-state index contributed by atoms with van der Waals surface area (Å²) in [6, 6.07) is 12.3. The second kappa shape index (κ2) is 6.29. The summed E-state index contributed by atoms with van der Waals surface area (Å²) >= 11 is 6.47. The van der Waals surface area contributed by atoms with Crippen molar-refractivity contribution in [1.29, 1.82) is 0 Å². The number of hydrogen-bond acceptors (Lipinski definition) is 2. The van der Waals surface area contributed by atoms with Crippen LogP contribution in [-0.4, -0.2) is 14.2 Å². The number of hydrogen-bond donors (Lipinski definition) is 1. The van der Waals surface area contributed by atoms with Gasteiger partial charge in [0, 0.05) is 10.6 Å². The van der Waals surface area contributed by atoms with E-state index in [1.54, 1.807) is 7.11 Å². The van der Waals surface area contributed by atoms with Gasteiger partial charge in [0.2, 0.25) is 0 Å². The fraction of sp³-hybridized carbons (Fsp3) is 0.294. The molecule has 0 aliphatic carbocycles. The second-order valence-corrected chi connectivity index (χ2v) is 5.32. The molecule has 1 unspecified atom stereocenters. The molecule has 0 aliphatic rings. The van der Waals surface area contributed by atoms with Gasteiger partial charge in [0.1, 0.15) is 5.75 Å². The third-order valence-electron chi connectivity index (χ3n) is 3.52. The van der Waals surface area contributed by atoms with Gasteiger partial charge in [-0.05, 0) is 38.1 Å². The molecule has 2 rings (SSSR count). The largest absolute Gasteiger partial charge is 0.496 e. The maximum atomic E-state index is 6.47. The van der Waals surface area contributed by atoms with Crippen molar-refractivity contribution < 1.29 is 4.74 Å². The smallest absolute Gasteiger partial charge is 0.124 e. The van der Waals surface area contributed by atoms with E-state index in [2.05, 4.69) is 24.4 Å². The van der Waals surface area contributed by atoms with Gasteiger partial charge in [-0.2, -0.15) is 0 Å². The predicted octanol–water partition coefficient (Wildman–Crippen LogP) is 4.27. The van der Waals surface area contributed by atoms with Gasteiger partial charge in [-0.3, -0.25) is 0 Å². The molecule has 2 nitrogen and oxygen atoms in total. The van der Waals surface area contributed by atoms with Crippen molar-refractivity contribution in [2.24, 2.45) is 0 Å². The van der Waals surface area contributed by atoms with Crippen LogP contribution in [0.5, 0.6) is 5.75 Å². The van der Waals surface area contributed by atoms with E-state index in [0.717, 1.165) is 27.5 Å². The number of benzene rings is 2. The Morgan fingerprint density at radius 1 is 1.10 bits per heavy atom. The molecule has 0 bridgehead atoms. The average molecular weight is 290 g/mol.